The topological polar surface area (TPSA) is 42.2 Å². The fourth-order valence-electron chi connectivity index (χ4n) is 2.15. The Morgan fingerprint density at radius 1 is 1.06 bits per heavy atom. The van der Waals surface area contributed by atoms with Gasteiger partial charge in [-0.15, -0.1) is 0 Å². The van der Waals surface area contributed by atoms with Gasteiger partial charge in [0.25, 0.3) is 0 Å². The Kier molecular flexibility index (Phi) is 1.92. The van der Waals surface area contributed by atoms with Crippen LogP contribution in [0.3, 0.4) is 0 Å². The van der Waals surface area contributed by atoms with Crippen molar-refractivity contribution in [3.05, 3.63) is 48.3 Å². The molecule has 3 rings (SSSR count). The van der Waals surface area contributed by atoms with Crippen LogP contribution < -0.4 is 0 Å². The fourth-order valence-corrected chi connectivity index (χ4v) is 2.15. The van der Waals surface area contributed by atoms with Crippen LogP contribution in [0, 0.1) is 5.82 Å². The maximum atomic E-state index is 13.2. The summed E-state index contributed by atoms with van der Waals surface area (Å²) in [7, 11) is 0. The van der Waals surface area contributed by atoms with Gasteiger partial charge >= 0.3 is 6.09 Å². The Hall–Kier alpha value is -2.36. The van der Waals surface area contributed by atoms with Crippen molar-refractivity contribution in [3.8, 4) is 0 Å². The van der Waals surface area contributed by atoms with Crippen molar-refractivity contribution < 1.29 is 14.3 Å². The minimum absolute atomic E-state index is 0.370. The van der Waals surface area contributed by atoms with E-state index in [0.717, 1.165) is 5.39 Å². The number of benzene rings is 2. The molecule has 1 heterocycles. The van der Waals surface area contributed by atoms with Crippen LogP contribution in [0.5, 0.6) is 0 Å². The van der Waals surface area contributed by atoms with Crippen LogP contribution in [-0.4, -0.2) is 15.8 Å². The second kappa shape index (κ2) is 3.31. The van der Waals surface area contributed by atoms with Crippen LogP contribution in [0.25, 0.3) is 21.8 Å². The average molecular weight is 229 g/mol. The molecule has 0 atom stereocenters. The van der Waals surface area contributed by atoms with Crippen LogP contribution in [0.1, 0.15) is 0 Å². The lowest BCUT2D eigenvalue weighted by atomic mass is 10.1. The molecule has 17 heavy (non-hydrogen) atoms. The summed E-state index contributed by atoms with van der Waals surface area (Å²) in [4.78, 5) is 11.2. The van der Waals surface area contributed by atoms with Gasteiger partial charge in [0.2, 0.25) is 0 Å². The SMILES string of the molecule is O=C(O)n1c2ccccc2c2cc(F)ccc21. The smallest absolute Gasteiger partial charge is 0.416 e. The Morgan fingerprint density at radius 2 is 1.76 bits per heavy atom. The van der Waals surface area contributed by atoms with Gasteiger partial charge in [-0.1, -0.05) is 18.2 Å². The first-order valence-electron chi connectivity index (χ1n) is 5.10. The molecule has 3 nitrogen and oxygen atoms in total. The van der Waals surface area contributed by atoms with Crippen LogP contribution in [0.4, 0.5) is 9.18 Å². The molecule has 84 valence electrons. The predicted octanol–water partition coefficient (Wildman–Crippen LogP) is 3.46. The first-order chi connectivity index (χ1) is 8.18. The van der Waals surface area contributed by atoms with Crippen molar-refractivity contribution >= 4 is 27.9 Å². The summed E-state index contributed by atoms with van der Waals surface area (Å²) in [6.45, 7) is 0. The number of halogens is 1. The number of hydrogen-bond donors (Lipinski definition) is 1. The van der Waals surface area contributed by atoms with Crippen molar-refractivity contribution in [1.82, 2.24) is 4.57 Å². The molecule has 0 bridgehead atoms. The molecule has 0 saturated carbocycles. The number of para-hydroxylation sites is 1. The van der Waals surface area contributed by atoms with E-state index >= 15 is 0 Å². The van der Waals surface area contributed by atoms with E-state index in [9.17, 15) is 14.3 Å². The molecule has 0 fully saturated rings. The summed E-state index contributed by atoms with van der Waals surface area (Å²) in [6, 6.07) is 11.2. The third kappa shape index (κ3) is 1.30. The monoisotopic (exact) mass is 229 g/mol. The fraction of sp³-hybridized carbons (Fsp3) is 0. The maximum Gasteiger partial charge on any atom is 0.416 e. The number of aromatic nitrogens is 1. The molecule has 2 aromatic carbocycles. The zero-order valence-corrected chi connectivity index (χ0v) is 8.72. The number of carboxylic acid groups (broad SMARTS) is 1. The molecule has 0 radical (unpaired) electrons. The molecule has 0 spiro atoms. The second-order valence-corrected chi connectivity index (χ2v) is 3.80. The van der Waals surface area contributed by atoms with E-state index in [1.807, 2.05) is 0 Å². The number of hydrogen-bond acceptors (Lipinski definition) is 1. The average Bonchev–Trinajstić information content (AvgIpc) is 2.63. The number of rotatable bonds is 0. The summed E-state index contributed by atoms with van der Waals surface area (Å²) in [5, 5.41) is 10.6. The van der Waals surface area contributed by atoms with Crippen LogP contribution >= 0.6 is 0 Å². The van der Waals surface area contributed by atoms with E-state index in [0.29, 0.717) is 16.4 Å². The summed E-state index contributed by atoms with van der Waals surface area (Å²) in [5.74, 6) is -0.370. The molecule has 0 aliphatic heterocycles. The third-order valence-corrected chi connectivity index (χ3v) is 2.83. The zero-order valence-electron chi connectivity index (χ0n) is 8.72. The van der Waals surface area contributed by atoms with Crippen LogP contribution in [0.2, 0.25) is 0 Å². The quantitative estimate of drug-likeness (QED) is 0.641. The van der Waals surface area contributed by atoms with Crippen LogP contribution in [0.15, 0.2) is 42.5 Å². The highest BCUT2D eigenvalue weighted by Crippen LogP contribution is 2.29. The molecule has 0 amide bonds. The Morgan fingerprint density at radius 3 is 2.53 bits per heavy atom. The molecule has 0 saturated heterocycles. The number of nitrogens with zero attached hydrogens (tertiary/aromatic N) is 1. The molecular formula is C13H8FNO2. The summed E-state index contributed by atoms with van der Waals surface area (Å²) in [5.41, 5.74) is 1.07. The molecular weight excluding hydrogens is 221 g/mol. The van der Waals surface area contributed by atoms with E-state index in [1.165, 1.54) is 22.8 Å². The van der Waals surface area contributed by atoms with Gasteiger partial charge in [0.15, 0.2) is 0 Å². The highest BCUT2D eigenvalue weighted by Gasteiger charge is 2.14. The standard InChI is InChI=1S/C13H8FNO2/c14-8-5-6-12-10(7-8)9-3-1-2-4-11(9)15(12)13(16)17/h1-7H,(H,16,17). The van der Waals surface area contributed by atoms with Crippen molar-refractivity contribution in [3.63, 3.8) is 0 Å². The van der Waals surface area contributed by atoms with Crippen molar-refractivity contribution in [2.24, 2.45) is 0 Å². The Balaban J connectivity index is 2.62. The largest absolute Gasteiger partial charge is 0.464 e. The maximum absolute atomic E-state index is 13.2. The molecule has 1 N–H and O–H groups in total. The highest BCUT2D eigenvalue weighted by atomic mass is 19.1. The summed E-state index contributed by atoms with van der Waals surface area (Å²) in [6.07, 6.45) is -1.07. The molecule has 3 aromatic rings. The molecule has 4 heteroatoms. The first-order valence-corrected chi connectivity index (χ1v) is 5.10. The van der Waals surface area contributed by atoms with E-state index < -0.39 is 6.09 Å². The molecule has 0 aliphatic rings. The normalized spacial score (nSPS) is 11.1. The summed E-state index contributed by atoms with van der Waals surface area (Å²) >= 11 is 0. The van der Waals surface area contributed by atoms with Gasteiger partial charge in [-0.2, -0.15) is 0 Å². The lowest BCUT2D eigenvalue weighted by Crippen LogP contribution is -2.06. The van der Waals surface area contributed by atoms with Crippen molar-refractivity contribution in [2.45, 2.75) is 0 Å². The van der Waals surface area contributed by atoms with Gasteiger partial charge in [0.1, 0.15) is 5.82 Å². The van der Waals surface area contributed by atoms with E-state index in [-0.39, 0.29) is 5.82 Å². The van der Waals surface area contributed by atoms with Crippen LogP contribution in [-0.2, 0) is 0 Å². The van der Waals surface area contributed by atoms with E-state index in [1.54, 1.807) is 24.3 Å². The minimum atomic E-state index is -1.07. The van der Waals surface area contributed by atoms with Gasteiger partial charge < -0.3 is 5.11 Å². The second-order valence-electron chi connectivity index (χ2n) is 3.80. The van der Waals surface area contributed by atoms with Crippen molar-refractivity contribution in [1.29, 1.82) is 0 Å². The van der Waals surface area contributed by atoms with E-state index in [4.69, 9.17) is 0 Å². The predicted molar refractivity (Wildman–Crippen MR) is 62.8 cm³/mol. The Labute approximate surface area is 95.7 Å². The lowest BCUT2D eigenvalue weighted by Gasteiger charge is -1.98. The van der Waals surface area contributed by atoms with Crippen molar-refractivity contribution in [2.75, 3.05) is 0 Å². The van der Waals surface area contributed by atoms with Gasteiger partial charge in [-0.3, -0.25) is 0 Å². The molecule has 0 aliphatic carbocycles. The third-order valence-electron chi connectivity index (χ3n) is 2.83. The number of fused-ring (bicyclic) bond motifs is 3. The highest BCUT2D eigenvalue weighted by molar-refractivity contribution is 6.12. The van der Waals surface area contributed by atoms with Gasteiger partial charge in [0.05, 0.1) is 11.0 Å². The zero-order chi connectivity index (χ0) is 12.0. The Bertz CT molecular complexity index is 746. The number of carbonyl (C=O) groups is 1. The molecule has 0 unspecified atom stereocenters. The first kappa shape index (κ1) is 9.84. The van der Waals surface area contributed by atoms with E-state index in [2.05, 4.69) is 0 Å². The van der Waals surface area contributed by atoms with Gasteiger partial charge in [-0.25, -0.2) is 13.8 Å². The summed E-state index contributed by atoms with van der Waals surface area (Å²) < 4.78 is 14.4. The van der Waals surface area contributed by atoms with Gasteiger partial charge in [0, 0.05) is 10.8 Å². The lowest BCUT2D eigenvalue weighted by molar-refractivity contribution is 0.198. The molecule has 1 aromatic heterocycles. The van der Waals surface area contributed by atoms with Gasteiger partial charge in [-0.05, 0) is 24.3 Å². The minimum Gasteiger partial charge on any atom is -0.464 e.